The molecule has 0 spiro atoms. The number of aryl methyl sites for hydroxylation is 1. The van der Waals surface area contributed by atoms with Crippen molar-refractivity contribution in [3.63, 3.8) is 0 Å². The molecule has 0 radical (unpaired) electrons. The lowest BCUT2D eigenvalue weighted by molar-refractivity contribution is -0.146. The molecular formula is C26H29N3O5. The number of hydrogen-bond donors (Lipinski definition) is 3. The van der Waals surface area contributed by atoms with Crippen molar-refractivity contribution in [1.29, 1.82) is 0 Å². The minimum Gasteiger partial charge on any atom is -0.481 e. The van der Waals surface area contributed by atoms with Crippen molar-refractivity contribution in [1.82, 2.24) is 0 Å². The first kappa shape index (κ1) is 23.5. The fraction of sp³-hybridized carbons (Fsp3) is 0.346. The molecule has 2 atom stereocenters. The highest BCUT2D eigenvalue weighted by molar-refractivity contribution is 6.09. The smallest absolute Gasteiger partial charge is 0.307 e. The van der Waals surface area contributed by atoms with Gasteiger partial charge in [-0.05, 0) is 50.1 Å². The topological polar surface area (TPSA) is 108 Å². The van der Waals surface area contributed by atoms with E-state index >= 15 is 0 Å². The first-order valence-corrected chi connectivity index (χ1v) is 11.5. The molecule has 2 amide bonds. The number of nitrogens with zero attached hydrogens (tertiary/aromatic N) is 1. The number of carboxylic acids is 1. The normalized spacial score (nSPS) is 20.0. The number of morpholine rings is 1. The molecule has 1 fully saturated rings. The average Bonchev–Trinajstić information content (AvgIpc) is 2.86. The van der Waals surface area contributed by atoms with E-state index in [1.54, 1.807) is 18.2 Å². The van der Waals surface area contributed by atoms with Crippen molar-refractivity contribution in [2.45, 2.75) is 19.8 Å². The largest absolute Gasteiger partial charge is 0.481 e. The molecule has 4 rings (SSSR count). The van der Waals surface area contributed by atoms with Crippen LogP contribution >= 0.6 is 0 Å². The summed E-state index contributed by atoms with van der Waals surface area (Å²) in [6, 6.07) is 12.8. The number of carbonyl (C=O) groups excluding carboxylic acids is 2. The molecule has 8 nitrogen and oxygen atoms in total. The second-order valence-corrected chi connectivity index (χ2v) is 8.63. The van der Waals surface area contributed by atoms with Crippen LogP contribution in [0.5, 0.6) is 0 Å². The van der Waals surface area contributed by atoms with Gasteiger partial charge in [0.05, 0.1) is 30.6 Å². The second kappa shape index (κ2) is 10.5. The minimum absolute atomic E-state index is 0.287. The Morgan fingerprint density at radius 1 is 0.912 bits per heavy atom. The van der Waals surface area contributed by atoms with Gasteiger partial charge >= 0.3 is 5.97 Å². The van der Waals surface area contributed by atoms with E-state index in [4.69, 9.17) is 4.74 Å². The lowest BCUT2D eigenvalue weighted by atomic mass is 9.82. The van der Waals surface area contributed by atoms with Crippen LogP contribution in [-0.2, 0) is 14.3 Å². The quantitative estimate of drug-likeness (QED) is 0.564. The summed E-state index contributed by atoms with van der Waals surface area (Å²) >= 11 is 0. The first-order chi connectivity index (χ1) is 16.4. The van der Waals surface area contributed by atoms with E-state index in [0.29, 0.717) is 56.1 Å². The lowest BCUT2D eigenvalue weighted by Gasteiger charge is -2.30. The number of amides is 2. The zero-order valence-electron chi connectivity index (χ0n) is 19.1. The number of ether oxygens (including phenoxy) is 1. The molecule has 1 aliphatic heterocycles. The molecule has 0 aromatic heterocycles. The van der Waals surface area contributed by atoms with Gasteiger partial charge in [-0.15, -0.1) is 0 Å². The lowest BCUT2D eigenvalue weighted by Crippen LogP contribution is -2.37. The number of nitrogens with one attached hydrogen (secondary N) is 2. The monoisotopic (exact) mass is 463 g/mol. The molecule has 178 valence electrons. The molecule has 0 saturated carbocycles. The Morgan fingerprint density at radius 2 is 1.56 bits per heavy atom. The zero-order valence-corrected chi connectivity index (χ0v) is 19.1. The predicted octanol–water partition coefficient (Wildman–Crippen LogP) is 3.69. The van der Waals surface area contributed by atoms with Crippen LogP contribution in [0.1, 0.15) is 28.8 Å². The number of allylic oxidation sites excluding steroid dienone is 2. The predicted molar refractivity (Wildman–Crippen MR) is 130 cm³/mol. The molecular weight excluding hydrogens is 434 g/mol. The summed E-state index contributed by atoms with van der Waals surface area (Å²) in [7, 11) is 0. The van der Waals surface area contributed by atoms with Crippen LogP contribution in [-0.4, -0.2) is 49.2 Å². The van der Waals surface area contributed by atoms with Gasteiger partial charge in [-0.2, -0.15) is 0 Å². The van der Waals surface area contributed by atoms with Crippen LogP contribution in [0.3, 0.4) is 0 Å². The van der Waals surface area contributed by atoms with Crippen molar-refractivity contribution in [3.8, 4) is 0 Å². The molecule has 3 N–H and O–H groups in total. The van der Waals surface area contributed by atoms with Gasteiger partial charge in [-0.3, -0.25) is 14.4 Å². The number of carbonyl (C=O) groups is 3. The van der Waals surface area contributed by atoms with Crippen LogP contribution in [0.25, 0.3) is 0 Å². The maximum absolute atomic E-state index is 13.3. The highest BCUT2D eigenvalue weighted by atomic mass is 16.5. The SMILES string of the molecule is Cc1ccc(NC(=O)c2cc(NC(=O)[C@H]3CC=CC[C@@H]3C(=O)O)ccc2N2CCOCC2)cc1. The van der Waals surface area contributed by atoms with Gasteiger partial charge in [0.15, 0.2) is 0 Å². The van der Waals surface area contributed by atoms with E-state index in [1.807, 2.05) is 43.3 Å². The molecule has 8 heteroatoms. The van der Waals surface area contributed by atoms with Gasteiger partial charge in [-0.25, -0.2) is 0 Å². The van der Waals surface area contributed by atoms with Gasteiger partial charge in [-0.1, -0.05) is 29.8 Å². The van der Waals surface area contributed by atoms with Crippen LogP contribution in [0.15, 0.2) is 54.6 Å². The third-order valence-corrected chi connectivity index (χ3v) is 6.26. The van der Waals surface area contributed by atoms with Crippen LogP contribution in [0.4, 0.5) is 17.1 Å². The van der Waals surface area contributed by atoms with E-state index in [2.05, 4.69) is 15.5 Å². The standard InChI is InChI=1S/C26H29N3O5/c1-17-6-8-18(9-7-17)27-25(31)22-16-19(10-11-23(22)29-12-14-34-15-13-29)28-24(30)20-4-2-3-5-21(20)26(32)33/h2-3,6-11,16,20-21H,4-5,12-15H2,1H3,(H,27,31)(H,28,30)(H,32,33)/t20-,21-/m0/s1. The highest BCUT2D eigenvalue weighted by Crippen LogP contribution is 2.30. The van der Waals surface area contributed by atoms with Crippen molar-refractivity contribution < 1.29 is 24.2 Å². The van der Waals surface area contributed by atoms with Crippen molar-refractivity contribution >= 4 is 34.8 Å². The maximum atomic E-state index is 13.3. The van der Waals surface area contributed by atoms with Crippen LogP contribution < -0.4 is 15.5 Å². The number of benzene rings is 2. The van der Waals surface area contributed by atoms with Crippen LogP contribution in [0.2, 0.25) is 0 Å². The Labute approximate surface area is 198 Å². The molecule has 2 aromatic carbocycles. The molecule has 1 saturated heterocycles. The molecule has 2 aliphatic rings. The summed E-state index contributed by atoms with van der Waals surface area (Å²) in [5.74, 6) is -3.05. The summed E-state index contributed by atoms with van der Waals surface area (Å²) in [5.41, 5.74) is 3.41. The molecule has 2 aromatic rings. The van der Waals surface area contributed by atoms with Gasteiger partial charge in [0.1, 0.15) is 0 Å². The number of anilines is 3. The van der Waals surface area contributed by atoms with E-state index in [1.165, 1.54) is 0 Å². The van der Waals surface area contributed by atoms with Crippen molar-refractivity contribution in [2.24, 2.45) is 11.8 Å². The maximum Gasteiger partial charge on any atom is 0.307 e. The highest BCUT2D eigenvalue weighted by Gasteiger charge is 2.34. The molecule has 1 heterocycles. The third-order valence-electron chi connectivity index (χ3n) is 6.26. The van der Waals surface area contributed by atoms with E-state index in [-0.39, 0.29) is 11.8 Å². The summed E-state index contributed by atoms with van der Waals surface area (Å²) in [6.45, 7) is 4.44. The van der Waals surface area contributed by atoms with E-state index < -0.39 is 17.8 Å². The summed E-state index contributed by atoms with van der Waals surface area (Å²) < 4.78 is 5.45. The number of hydrogen-bond acceptors (Lipinski definition) is 5. The van der Waals surface area contributed by atoms with Gasteiger partial charge in [0.25, 0.3) is 5.91 Å². The summed E-state index contributed by atoms with van der Waals surface area (Å²) in [4.78, 5) is 39.9. The van der Waals surface area contributed by atoms with Crippen LogP contribution in [0, 0.1) is 18.8 Å². The summed E-state index contributed by atoms with van der Waals surface area (Å²) in [6.07, 6.45) is 4.34. The third kappa shape index (κ3) is 5.46. The molecule has 34 heavy (non-hydrogen) atoms. The first-order valence-electron chi connectivity index (χ1n) is 11.5. The second-order valence-electron chi connectivity index (χ2n) is 8.63. The number of rotatable bonds is 6. The number of carboxylic acid groups (broad SMARTS) is 1. The Hall–Kier alpha value is -3.65. The zero-order chi connectivity index (χ0) is 24.1. The van der Waals surface area contributed by atoms with E-state index in [9.17, 15) is 19.5 Å². The van der Waals surface area contributed by atoms with Crippen molar-refractivity contribution in [2.75, 3.05) is 41.8 Å². The van der Waals surface area contributed by atoms with E-state index in [0.717, 1.165) is 11.3 Å². The Kier molecular flexibility index (Phi) is 7.27. The van der Waals surface area contributed by atoms with Gasteiger partial charge in [0, 0.05) is 30.2 Å². The minimum atomic E-state index is -0.981. The summed E-state index contributed by atoms with van der Waals surface area (Å²) in [5, 5.41) is 15.3. The Morgan fingerprint density at radius 3 is 2.24 bits per heavy atom. The Balaban J connectivity index is 1.59. The Bertz CT molecular complexity index is 1090. The molecule has 0 bridgehead atoms. The average molecular weight is 464 g/mol. The van der Waals surface area contributed by atoms with Crippen molar-refractivity contribution in [3.05, 3.63) is 65.7 Å². The van der Waals surface area contributed by atoms with Gasteiger partial charge < -0.3 is 25.4 Å². The fourth-order valence-electron chi connectivity index (χ4n) is 4.32. The van der Waals surface area contributed by atoms with Gasteiger partial charge in [0.2, 0.25) is 5.91 Å². The fourth-order valence-corrected chi connectivity index (χ4v) is 4.32. The molecule has 0 unspecified atom stereocenters. The number of aliphatic carboxylic acids is 1. The molecule has 1 aliphatic carbocycles.